The quantitative estimate of drug-likeness (QED) is 0.485. The predicted octanol–water partition coefficient (Wildman–Crippen LogP) is 4.87. The Kier molecular flexibility index (Phi) is 7.74. The van der Waals surface area contributed by atoms with Crippen LogP contribution < -0.4 is 19.5 Å². The Morgan fingerprint density at radius 1 is 0.900 bits per heavy atom. The zero-order chi connectivity index (χ0) is 21.3. The largest absolute Gasteiger partial charge is 0.493 e. The molecule has 0 fully saturated rings. The van der Waals surface area contributed by atoms with E-state index in [2.05, 4.69) is 21.2 Å². The van der Waals surface area contributed by atoms with Crippen LogP contribution in [0.15, 0.2) is 71.2 Å². The van der Waals surface area contributed by atoms with Crippen LogP contribution in [0.2, 0.25) is 0 Å². The fourth-order valence-corrected chi connectivity index (χ4v) is 3.59. The molecule has 3 aromatic rings. The van der Waals surface area contributed by atoms with Gasteiger partial charge in [-0.2, -0.15) is 0 Å². The lowest BCUT2D eigenvalue weighted by Crippen LogP contribution is -2.30. The number of hydrogen-bond donors (Lipinski definition) is 1. The standard InChI is InChI=1S/C24H24BrNO4/c1-28-22-14-18(20(25)15-23(22)29-2)12-13-26-24(27)16-30-21-11-7-6-10-19(21)17-8-4-3-5-9-17/h3-11,14-15H,12-13,16H2,1-2H3,(H,26,27). The number of carbonyl (C=O) groups excluding carboxylic acids is 1. The van der Waals surface area contributed by atoms with Gasteiger partial charge in [0, 0.05) is 16.6 Å². The monoisotopic (exact) mass is 469 g/mol. The first-order valence-corrected chi connectivity index (χ1v) is 10.4. The minimum atomic E-state index is -0.172. The van der Waals surface area contributed by atoms with Crippen LogP contribution in [0, 0.1) is 0 Å². The Labute approximate surface area is 185 Å². The van der Waals surface area contributed by atoms with E-state index in [9.17, 15) is 4.79 Å². The molecule has 1 N–H and O–H groups in total. The highest BCUT2D eigenvalue weighted by Gasteiger charge is 2.11. The molecule has 0 saturated carbocycles. The van der Waals surface area contributed by atoms with E-state index in [1.54, 1.807) is 14.2 Å². The first-order valence-electron chi connectivity index (χ1n) is 9.56. The lowest BCUT2D eigenvalue weighted by atomic mass is 10.1. The van der Waals surface area contributed by atoms with E-state index in [0.29, 0.717) is 30.2 Å². The maximum atomic E-state index is 12.3. The van der Waals surface area contributed by atoms with Crippen LogP contribution in [0.3, 0.4) is 0 Å². The average molecular weight is 470 g/mol. The fraction of sp³-hybridized carbons (Fsp3) is 0.208. The number of halogens is 1. The molecule has 30 heavy (non-hydrogen) atoms. The van der Waals surface area contributed by atoms with Gasteiger partial charge in [0.05, 0.1) is 14.2 Å². The van der Waals surface area contributed by atoms with Gasteiger partial charge in [-0.3, -0.25) is 4.79 Å². The number of amides is 1. The van der Waals surface area contributed by atoms with Crippen molar-refractivity contribution in [3.63, 3.8) is 0 Å². The molecule has 0 saturated heterocycles. The van der Waals surface area contributed by atoms with Gasteiger partial charge in [0.1, 0.15) is 5.75 Å². The molecule has 0 unspecified atom stereocenters. The Bertz CT molecular complexity index is 992. The normalized spacial score (nSPS) is 10.4. The molecule has 0 aliphatic rings. The highest BCUT2D eigenvalue weighted by Crippen LogP contribution is 2.33. The molecule has 6 heteroatoms. The summed E-state index contributed by atoms with van der Waals surface area (Å²) in [7, 11) is 3.20. The average Bonchev–Trinajstić information content (AvgIpc) is 2.79. The van der Waals surface area contributed by atoms with E-state index in [4.69, 9.17) is 14.2 Å². The molecular formula is C24H24BrNO4. The van der Waals surface area contributed by atoms with Gasteiger partial charge in [-0.1, -0.05) is 64.5 Å². The molecule has 0 spiro atoms. The van der Waals surface area contributed by atoms with Crippen LogP contribution in [-0.2, 0) is 11.2 Å². The summed E-state index contributed by atoms with van der Waals surface area (Å²) in [6.45, 7) is 0.438. The number of carbonyl (C=O) groups is 1. The zero-order valence-corrected chi connectivity index (χ0v) is 18.6. The van der Waals surface area contributed by atoms with Gasteiger partial charge in [-0.15, -0.1) is 0 Å². The van der Waals surface area contributed by atoms with Crippen molar-refractivity contribution in [1.29, 1.82) is 0 Å². The number of methoxy groups -OCH3 is 2. The van der Waals surface area contributed by atoms with Crippen molar-refractivity contribution in [2.75, 3.05) is 27.4 Å². The van der Waals surface area contributed by atoms with Crippen molar-refractivity contribution in [3.05, 3.63) is 76.8 Å². The number of ether oxygens (including phenoxy) is 3. The smallest absolute Gasteiger partial charge is 0.257 e. The Morgan fingerprint density at radius 2 is 1.57 bits per heavy atom. The molecule has 0 radical (unpaired) electrons. The third kappa shape index (κ3) is 5.54. The van der Waals surface area contributed by atoms with E-state index in [1.807, 2.05) is 66.7 Å². The Hall–Kier alpha value is -2.99. The summed E-state index contributed by atoms with van der Waals surface area (Å²) in [4.78, 5) is 12.3. The summed E-state index contributed by atoms with van der Waals surface area (Å²) in [6, 6.07) is 21.4. The molecule has 0 aromatic heterocycles. The van der Waals surface area contributed by atoms with E-state index < -0.39 is 0 Å². The highest BCUT2D eigenvalue weighted by atomic mass is 79.9. The van der Waals surface area contributed by atoms with Gasteiger partial charge < -0.3 is 19.5 Å². The van der Waals surface area contributed by atoms with Gasteiger partial charge in [0.25, 0.3) is 5.91 Å². The van der Waals surface area contributed by atoms with Crippen molar-refractivity contribution in [2.45, 2.75) is 6.42 Å². The molecule has 1 amide bonds. The van der Waals surface area contributed by atoms with Crippen LogP contribution in [0.4, 0.5) is 0 Å². The summed E-state index contributed by atoms with van der Waals surface area (Å²) in [6.07, 6.45) is 0.646. The number of rotatable bonds is 9. The fourth-order valence-electron chi connectivity index (χ4n) is 3.07. The van der Waals surface area contributed by atoms with Gasteiger partial charge >= 0.3 is 0 Å². The van der Waals surface area contributed by atoms with Gasteiger partial charge in [0.2, 0.25) is 0 Å². The molecule has 3 rings (SSSR count). The summed E-state index contributed by atoms with van der Waals surface area (Å²) >= 11 is 3.54. The molecule has 0 aliphatic carbocycles. The molecule has 3 aromatic carbocycles. The van der Waals surface area contributed by atoms with Crippen molar-refractivity contribution >= 4 is 21.8 Å². The van der Waals surface area contributed by atoms with Crippen molar-refractivity contribution in [3.8, 4) is 28.4 Å². The topological polar surface area (TPSA) is 56.8 Å². The first-order chi connectivity index (χ1) is 14.6. The number of hydrogen-bond acceptors (Lipinski definition) is 4. The minimum absolute atomic E-state index is 0.0447. The minimum Gasteiger partial charge on any atom is -0.493 e. The van der Waals surface area contributed by atoms with Crippen LogP contribution in [0.5, 0.6) is 17.2 Å². The summed E-state index contributed by atoms with van der Waals surface area (Å²) < 4.78 is 17.3. The Morgan fingerprint density at radius 3 is 2.30 bits per heavy atom. The zero-order valence-electron chi connectivity index (χ0n) is 17.0. The maximum absolute atomic E-state index is 12.3. The lowest BCUT2D eigenvalue weighted by molar-refractivity contribution is -0.123. The van der Waals surface area contributed by atoms with Crippen LogP contribution in [0.1, 0.15) is 5.56 Å². The van der Waals surface area contributed by atoms with E-state index in [1.165, 1.54) is 0 Å². The van der Waals surface area contributed by atoms with Crippen LogP contribution in [0.25, 0.3) is 11.1 Å². The number of nitrogens with one attached hydrogen (secondary N) is 1. The lowest BCUT2D eigenvalue weighted by Gasteiger charge is -2.13. The summed E-state index contributed by atoms with van der Waals surface area (Å²) in [5, 5.41) is 2.90. The molecule has 0 aliphatic heterocycles. The van der Waals surface area contributed by atoms with Gasteiger partial charge in [0.15, 0.2) is 18.1 Å². The van der Waals surface area contributed by atoms with E-state index in [0.717, 1.165) is 21.2 Å². The van der Waals surface area contributed by atoms with Gasteiger partial charge in [-0.25, -0.2) is 0 Å². The second kappa shape index (κ2) is 10.7. The molecular weight excluding hydrogens is 446 g/mol. The third-order valence-electron chi connectivity index (χ3n) is 4.60. The van der Waals surface area contributed by atoms with E-state index in [-0.39, 0.29) is 12.5 Å². The summed E-state index contributed by atoms with van der Waals surface area (Å²) in [5.74, 6) is 1.82. The van der Waals surface area contributed by atoms with Crippen molar-refractivity contribution < 1.29 is 19.0 Å². The van der Waals surface area contributed by atoms with Crippen molar-refractivity contribution in [2.24, 2.45) is 0 Å². The van der Waals surface area contributed by atoms with Crippen molar-refractivity contribution in [1.82, 2.24) is 5.32 Å². The maximum Gasteiger partial charge on any atom is 0.257 e. The van der Waals surface area contributed by atoms with Crippen LogP contribution >= 0.6 is 15.9 Å². The molecule has 0 heterocycles. The Balaban J connectivity index is 1.55. The molecule has 0 atom stereocenters. The van der Waals surface area contributed by atoms with Gasteiger partial charge in [-0.05, 0) is 35.7 Å². The number of para-hydroxylation sites is 1. The second-order valence-corrected chi connectivity index (χ2v) is 7.40. The summed E-state index contributed by atoms with van der Waals surface area (Å²) in [5.41, 5.74) is 3.02. The van der Waals surface area contributed by atoms with Crippen LogP contribution in [-0.4, -0.2) is 33.3 Å². The van der Waals surface area contributed by atoms with E-state index >= 15 is 0 Å². The highest BCUT2D eigenvalue weighted by molar-refractivity contribution is 9.10. The molecule has 156 valence electrons. The SMILES string of the molecule is COc1cc(Br)c(CCNC(=O)COc2ccccc2-c2ccccc2)cc1OC. The predicted molar refractivity (Wildman–Crippen MR) is 121 cm³/mol. The third-order valence-corrected chi connectivity index (χ3v) is 5.34. The number of benzene rings is 3. The molecule has 5 nitrogen and oxygen atoms in total. The molecule has 0 bridgehead atoms. The second-order valence-electron chi connectivity index (χ2n) is 6.55. The first kappa shape index (κ1) is 21.7.